The Morgan fingerprint density at radius 1 is 1.26 bits per heavy atom. The lowest BCUT2D eigenvalue weighted by Gasteiger charge is -2.17. The predicted molar refractivity (Wildman–Crippen MR) is 97.6 cm³/mol. The van der Waals surface area contributed by atoms with E-state index in [2.05, 4.69) is 5.32 Å². The molecule has 6 heteroatoms. The van der Waals surface area contributed by atoms with Gasteiger partial charge in [0.2, 0.25) is 5.91 Å². The summed E-state index contributed by atoms with van der Waals surface area (Å²) in [4.78, 5) is 29.2. The number of nitrogens with zero attached hydrogens (tertiary/aromatic N) is 1. The highest BCUT2D eigenvalue weighted by Crippen LogP contribution is 2.25. The van der Waals surface area contributed by atoms with Crippen LogP contribution in [0.15, 0.2) is 35.2 Å². The first-order chi connectivity index (χ1) is 10.9. The van der Waals surface area contributed by atoms with Crippen molar-refractivity contribution in [2.45, 2.75) is 18.7 Å². The Kier molecular flexibility index (Phi) is 5.85. The zero-order chi connectivity index (χ0) is 17.0. The molecule has 0 fully saturated rings. The molecular weight excluding hydrogens is 328 g/mol. The number of hydrogen-bond acceptors (Lipinski definition) is 4. The van der Waals surface area contributed by atoms with Gasteiger partial charge in [-0.05, 0) is 38.3 Å². The SMILES string of the molecule is CSc1ccccc1NC(=O)CN(C)C(=O)c1cc(C)sc1C. The molecule has 2 aromatic rings. The fourth-order valence-corrected chi connectivity index (χ4v) is 3.74. The van der Waals surface area contributed by atoms with E-state index in [9.17, 15) is 9.59 Å². The van der Waals surface area contributed by atoms with E-state index >= 15 is 0 Å². The number of carbonyl (C=O) groups excluding carboxylic acids is 2. The molecule has 0 unspecified atom stereocenters. The number of aryl methyl sites for hydroxylation is 2. The minimum absolute atomic E-state index is 0.0237. The quantitative estimate of drug-likeness (QED) is 0.836. The van der Waals surface area contributed by atoms with Gasteiger partial charge in [0.1, 0.15) is 0 Å². The van der Waals surface area contributed by atoms with Crippen molar-refractivity contribution in [1.29, 1.82) is 0 Å². The summed E-state index contributed by atoms with van der Waals surface area (Å²) >= 11 is 3.16. The van der Waals surface area contributed by atoms with E-state index in [1.165, 1.54) is 4.90 Å². The zero-order valence-electron chi connectivity index (χ0n) is 13.7. The number of thiophene rings is 1. The summed E-state index contributed by atoms with van der Waals surface area (Å²) in [6, 6.07) is 9.49. The minimum atomic E-state index is -0.202. The number of thioether (sulfide) groups is 1. The number of likely N-dealkylation sites (N-methyl/N-ethyl adjacent to an activating group) is 1. The number of anilines is 1. The Balaban J connectivity index is 2.02. The number of carbonyl (C=O) groups is 2. The number of para-hydroxylation sites is 1. The molecule has 0 radical (unpaired) electrons. The van der Waals surface area contributed by atoms with Crippen LogP contribution in [-0.4, -0.2) is 36.6 Å². The smallest absolute Gasteiger partial charge is 0.255 e. The molecule has 0 saturated heterocycles. The molecule has 0 atom stereocenters. The predicted octanol–water partition coefficient (Wildman–Crippen LogP) is 3.80. The molecule has 2 rings (SSSR count). The lowest BCUT2D eigenvalue weighted by atomic mass is 10.2. The first kappa shape index (κ1) is 17.6. The van der Waals surface area contributed by atoms with Crippen LogP contribution in [0.1, 0.15) is 20.1 Å². The summed E-state index contributed by atoms with van der Waals surface area (Å²) in [6.07, 6.45) is 1.96. The van der Waals surface area contributed by atoms with Gasteiger partial charge in [0.25, 0.3) is 5.91 Å². The second kappa shape index (κ2) is 7.66. The molecule has 0 saturated carbocycles. The van der Waals surface area contributed by atoms with Gasteiger partial charge in [-0.2, -0.15) is 0 Å². The number of benzene rings is 1. The third kappa shape index (κ3) is 4.36. The molecular formula is C17H20N2O2S2. The van der Waals surface area contributed by atoms with Crippen LogP contribution in [0.3, 0.4) is 0 Å². The van der Waals surface area contributed by atoms with Gasteiger partial charge in [0.15, 0.2) is 0 Å². The number of amides is 2. The van der Waals surface area contributed by atoms with Crippen molar-refractivity contribution < 1.29 is 9.59 Å². The second-order valence-corrected chi connectivity index (χ2v) is 7.55. The van der Waals surface area contributed by atoms with E-state index in [1.807, 2.05) is 50.4 Å². The lowest BCUT2D eigenvalue weighted by molar-refractivity contribution is -0.116. The average Bonchev–Trinajstić information content (AvgIpc) is 2.85. The molecule has 122 valence electrons. The maximum Gasteiger partial charge on any atom is 0.255 e. The van der Waals surface area contributed by atoms with Gasteiger partial charge in [0.05, 0.1) is 17.8 Å². The first-order valence-electron chi connectivity index (χ1n) is 7.17. The molecule has 0 aliphatic heterocycles. The largest absolute Gasteiger partial charge is 0.332 e. The van der Waals surface area contributed by atoms with Crippen LogP contribution < -0.4 is 5.32 Å². The highest BCUT2D eigenvalue weighted by Gasteiger charge is 2.18. The molecule has 0 bridgehead atoms. The van der Waals surface area contributed by atoms with E-state index in [0.29, 0.717) is 5.56 Å². The van der Waals surface area contributed by atoms with Crippen LogP contribution in [0.25, 0.3) is 0 Å². The number of hydrogen-bond donors (Lipinski definition) is 1. The van der Waals surface area contributed by atoms with E-state index < -0.39 is 0 Å². The summed E-state index contributed by atoms with van der Waals surface area (Å²) in [5, 5.41) is 2.87. The van der Waals surface area contributed by atoms with Crippen LogP contribution in [0.5, 0.6) is 0 Å². The lowest BCUT2D eigenvalue weighted by Crippen LogP contribution is -2.35. The van der Waals surface area contributed by atoms with Crippen LogP contribution in [-0.2, 0) is 4.79 Å². The van der Waals surface area contributed by atoms with Crippen LogP contribution in [0, 0.1) is 13.8 Å². The van der Waals surface area contributed by atoms with Gasteiger partial charge in [-0.25, -0.2) is 0 Å². The summed E-state index contributed by atoms with van der Waals surface area (Å²) < 4.78 is 0. The van der Waals surface area contributed by atoms with Crippen molar-refractivity contribution in [3.05, 3.63) is 45.6 Å². The Bertz CT molecular complexity index is 725. The monoisotopic (exact) mass is 348 g/mol. The Hall–Kier alpha value is -1.79. The topological polar surface area (TPSA) is 49.4 Å². The molecule has 0 aliphatic carbocycles. The summed E-state index contributed by atoms with van der Waals surface area (Å²) in [5.74, 6) is -0.327. The van der Waals surface area contributed by atoms with Crippen LogP contribution in [0.2, 0.25) is 0 Å². The molecule has 1 heterocycles. The van der Waals surface area contributed by atoms with Crippen molar-refractivity contribution in [2.24, 2.45) is 0 Å². The van der Waals surface area contributed by atoms with Crippen LogP contribution in [0.4, 0.5) is 5.69 Å². The molecule has 0 spiro atoms. The average molecular weight is 348 g/mol. The Morgan fingerprint density at radius 3 is 2.57 bits per heavy atom. The molecule has 1 aromatic heterocycles. The minimum Gasteiger partial charge on any atom is -0.332 e. The number of nitrogens with one attached hydrogen (secondary N) is 1. The fourth-order valence-electron chi connectivity index (χ4n) is 2.27. The molecule has 0 aliphatic rings. The summed E-state index contributed by atoms with van der Waals surface area (Å²) in [7, 11) is 1.65. The van der Waals surface area contributed by atoms with E-state index in [-0.39, 0.29) is 18.4 Å². The van der Waals surface area contributed by atoms with Gasteiger partial charge < -0.3 is 10.2 Å². The molecule has 23 heavy (non-hydrogen) atoms. The maximum absolute atomic E-state index is 12.4. The van der Waals surface area contributed by atoms with Crippen LogP contribution >= 0.6 is 23.1 Å². The van der Waals surface area contributed by atoms with Crippen molar-refractivity contribution in [1.82, 2.24) is 4.90 Å². The standard InChI is InChI=1S/C17H20N2O2S2/c1-11-9-13(12(2)23-11)17(21)19(3)10-16(20)18-14-7-5-6-8-15(14)22-4/h5-9H,10H2,1-4H3,(H,18,20). The third-order valence-electron chi connectivity index (χ3n) is 3.38. The van der Waals surface area contributed by atoms with E-state index in [0.717, 1.165) is 20.3 Å². The zero-order valence-corrected chi connectivity index (χ0v) is 15.3. The highest BCUT2D eigenvalue weighted by atomic mass is 32.2. The molecule has 1 N–H and O–H groups in total. The van der Waals surface area contributed by atoms with Gasteiger partial charge in [-0.3, -0.25) is 9.59 Å². The molecule has 4 nitrogen and oxygen atoms in total. The van der Waals surface area contributed by atoms with Gasteiger partial charge in [-0.1, -0.05) is 12.1 Å². The van der Waals surface area contributed by atoms with Gasteiger partial charge in [-0.15, -0.1) is 23.1 Å². The summed E-state index contributed by atoms with van der Waals surface area (Å²) in [6.45, 7) is 3.92. The second-order valence-electron chi connectivity index (χ2n) is 5.24. The Morgan fingerprint density at radius 2 is 1.96 bits per heavy atom. The Labute approximate surface area is 144 Å². The van der Waals surface area contributed by atoms with Gasteiger partial charge >= 0.3 is 0 Å². The van der Waals surface area contributed by atoms with E-state index in [4.69, 9.17) is 0 Å². The highest BCUT2D eigenvalue weighted by molar-refractivity contribution is 7.98. The first-order valence-corrected chi connectivity index (χ1v) is 9.22. The van der Waals surface area contributed by atoms with Crippen molar-refractivity contribution in [3.63, 3.8) is 0 Å². The van der Waals surface area contributed by atoms with Crippen molar-refractivity contribution >= 4 is 40.6 Å². The van der Waals surface area contributed by atoms with E-state index in [1.54, 1.807) is 30.1 Å². The van der Waals surface area contributed by atoms with Crippen molar-refractivity contribution in [3.8, 4) is 0 Å². The maximum atomic E-state index is 12.4. The summed E-state index contributed by atoms with van der Waals surface area (Å²) in [5.41, 5.74) is 1.45. The molecule has 2 amide bonds. The fraction of sp³-hybridized carbons (Fsp3) is 0.294. The van der Waals surface area contributed by atoms with Gasteiger partial charge in [0, 0.05) is 21.7 Å². The molecule has 1 aromatic carbocycles. The van der Waals surface area contributed by atoms with Crippen molar-refractivity contribution in [2.75, 3.05) is 25.2 Å². The number of rotatable bonds is 5. The normalized spacial score (nSPS) is 10.4. The third-order valence-corrected chi connectivity index (χ3v) is 5.14.